The van der Waals surface area contributed by atoms with Gasteiger partial charge in [0.25, 0.3) is 5.91 Å². The lowest BCUT2D eigenvalue weighted by atomic mass is 10.1. The average Bonchev–Trinajstić information content (AvgIpc) is 3.13. The van der Waals surface area contributed by atoms with E-state index in [-0.39, 0.29) is 12.5 Å². The van der Waals surface area contributed by atoms with E-state index in [1.807, 2.05) is 68.4 Å². The van der Waals surface area contributed by atoms with Crippen LogP contribution in [0, 0.1) is 13.8 Å². The van der Waals surface area contributed by atoms with E-state index in [0.29, 0.717) is 17.0 Å². The number of nitrogens with one attached hydrogen (secondary N) is 1. The summed E-state index contributed by atoms with van der Waals surface area (Å²) in [6.45, 7) is 3.99. The molecule has 0 bridgehead atoms. The molecule has 1 N–H and O–H groups in total. The van der Waals surface area contributed by atoms with Crippen molar-refractivity contribution < 1.29 is 9.53 Å². The van der Waals surface area contributed by atoms with Gasteiger partial charge in [-0.15, -0.1) is 10.2 Å². The summed E-state index contributed by atoms with van der Waals surface area (Å²) in [6.07, 6.45) is 0. The van der Waals surface area contributed by atoms with Gasteiger partial charge in [-0.25, -0.2) is 0 Å². The molecule has 0 atom stereocenters. The van der Waals surface area contributed by atoms with Crippen LogP contribution in [0.25, 0.3) is 16.7 Å². The van der Waals surface area contributed by atoms with Crippen molar-refractivity contribution in [1.29, 1.82) is 0 Å². The van der Waals surface area contributed by atoms with E-state index in [1.165, 1.54) is 5.56 Å². The van der Waals surface area contributed by atoms with Crippen LogP contribution in [-0.4, -0.2) is 27.5 Å². The van der Waals surface area contributed by atoms with Crippen LogP contribution in [-0.2, 0) is 4.79 Å². The van der Waals surface area contributed by atoms with Crippen molar-refractivity contribution in [2.24, 2.45) is 0 Å². The fraction of sp³-hybridized carbons (Fsp3) is 0.136. The number of benzene rings is 3. The molecule has 0 saturated heterocycles. The Morgan fingerprint density at radius 3 is 2.50 bits per heavy atom. The molecular weight excluding hydrogens is 352 g/mol. The van der Waals surface area contributed by atoms with Crippen LogP contribution in [0.3, 0.4) is 0 Å². The van der Waals surface area contributed by atoms with E-state index < -0.39 is 0 Å². The number of aromatic nitrogens is 3. The summed E-state index contributed by atoms with van der Waals surface area (Å²) < 4.78 is 5.58. The first-order valence-corrected chi connectivity index (χ1v) is 9.01. The van der Waals surface area contributed by atoms with Crippen LogP contribution in [0.1, 0.15) is 11.1 Å². The molecule has 1 heterocycles. The number of rotatable bonds is 5. The van der Waals surface area contributed by atoms with Gasteiger partial charge in [0.2, 0.25) is 0 Å². The maximum absolute atomic E-state index is 12.2. The second-order valence-corrected chi connectivity index (χ2v) is 6.61. The van der Waals surface area contributed by atoms with Crippen LogP contribution >= 0.6 is 0 Å². The fourth-order valence-electron chi connectivity index (χ4n) is 2.82. The SMILES string of the molecule is Cc1ccc(OCC(=O)Nc2ccc3nn(-c4ccccc4)nc3c2)cc1C. The molecule has 0 aliphatic heterocycles. The number of fused-ring (bicyclic) bond motifs is 1. The molecule has 0 spiro atoms. The van der Waals surface area contributed by atoms with Crippen molar-refractivity contribution in [3.8, 4) is 11.4 Å². The number of aryl methyl sites for hydroxylation is 2. The standard InChI is InChI=1S/C22H20N4O2/c1-15-8-10-19(12-16(15)2)28-14-22(27)23-17-9-11-20-21(13-17)25-26(24-20)18-6-4-3-5-7-18/h3-13H,14H2,1-2H3,(H,23,27). The highest BCUT2D eigenvalue weighted by molar-refractivity contribution is 5.93. The van der Waals surface area contributed by atoms with Crippen LogP contribution < -0.4 is 10.1 Å². The van der Waals surface area contributed by atoms with E-state index in [0.717, 1.165) is 16.8 Å². The number of anilines is 1. The minimum absolute atomic E-state index is 0.0583. The van der Waals surface area contributed by atoms with Gasteiger partial charge in [0.1, 0.15) is 16.8 Å². The second kappa shape index (κ2) is 7.52. The van der Waals surface area contributed by atoms with Crippen LogP contribution in [0.4, 0.5) is 5.69 Å². The van der Waals surface area contributed by atoms with Gasteiger partial charge in [0, 0.05) is 5.69 Å². The van der Waals surface area contributed by atoms with Crippen LogP contribution in [0.5, 0.6) is 5.75 Å². The molecule has 0 radical (unpaired) electrons. The van der Waals surface area contributed by atoms with E-state index in [2.05, 4.69) is 15.5 Å². The molecule has 0 fully saturated rings. The van der Waals surface area contributed by atoms with Crippen LogP contribution in [0.15, 0.2) is 66.7 Å². The molecule has 1 amide bonds. The third-order valence-electron chi connectivity index (χ3n) is 4.50. The number of carbonyl (C=O) groups excluding carboxylic acids is 1. The quantitative estimate of drug-likeness (QED) is 0.574. The molecule has 28 heavy (non-hydrogen) atoms. The van der Waals surface area contributed by atoms with Crippen LogP contribution in [0.2, 0.25) is 0 Å². The summed E-state index contributed by atoms with van der Waals surface area (Å²) >= 11 is 0. The molecule has 3 aromatic carbocycles. The highest BCUT2D eigenvalue weighted by atomic mass is 16.5. The largest absolute Gasteiger partial charge is 0.484 e. The minimum atomic E-state index is -0.229. The Labute approximate surface area is 162 Å². The normalized spacial score (nSPS) is 10.8. The molecule has 6 nitrogen and oxygen atoms in total. The van der Waals surface area contributed by atoms with Gasteiger partial charge in [0.15, 0.2) is 6.61 Å². The third kappa shape index (κ3) is 3.86. The molecule has 0 unspecified atom stereocenters. The number of hydrogen-bond acceptors (Lipinski definition) is 4. The molecule has 0 saturated carbocycles. The van der Waals surface area contributed by atoms with Crippen molar-refractivity contribution in [3.63, 3.8) is 0 Å². The first-order chi connectivity index (χ1) is 13.6. The second-order valence-electron chi connectivity index (χ2n) is 6.61. The van der Waals surface area contributed by atoms with Gasteiger partial charge in [-0.05, 0) is 67.4 Å². The highest BCUT2D eigenvalue weighted by Crippen LogP contribution is 2.18. The van der Waals surface area contributed by atoms with Crippen molar-refractivity contribution in [3.05, 3.63) is 77.9 Å². The van der Waals surface area contributed by atoms with Gasteiger partial charge in [-0.2, -0.15) is 4.80 Å². The molecule has 6 heteroatoms. The lowest BCUT2D eigenvalue weighted by molar-refractivity contribution is -0.118. The number of carbonyl (C=O) groups is 1. The van der Waals surface area contributed by atoms with Gasteiger partial charge in [0.05, 0.1) is 5.69 Å². The smallest absolute Gasteiger partial charge is 0.262 e. The topological polar surface area (TPSA) is 69.0 Å². The predicted octanol–water partition coefficient (Wildman–Crippen LogP) is 4.05. The monoisotopic (exact) mass is 372 g/mol. The van der Waals surface area contributed by atoms with Crippen molar-refractivity contribution in [2.75, 3.05) is 11.9 Å². The van der Waals surface area contributed by atoms with Crippen molar-refractivity contribution >= 4 is 22.6 Å². The number of amides is 1. The Morgan fingerprint density at radius 1 is 0.929 bits per heavy atom. The number of nitrogens with zero attached hydrogens (tertiary/aromatic N) is 3. The van der Waals surface area contributed by atoms with Crippen molar-refractivity contribution in [2.45, 2.75) is 13.8 Å². The molecule has 0 aliphatic carbocycles. The molecule has 1 aromatic heterocycles. The first kappa shape index (κ1) is 17.7. The average molecular weight is 372 g/mol. The summed E-state index contributed by atoms with van der Waals surface area (Å²) in [4.78, 5) is 13.8. The highest BCUT2D eigenvalue weighted by Gasteiger charge is 2.08. The zero-order chi connectivity index (χ0) is 19.5. The van der Waals surface area contributed by atoms with Crippen molar-refractivity contribution in [1.82, 2.24) is 15.0 Å². The number of ether oxygens (including phenoxy) is 1. The van der Waals surface area contributed by atoms with E-state index in [1.54, 1.807) is 16.9 Å². The Morgan fingerprint density at radius 2 is 1.71 bits per heavy atom. The summed E-state index contributed by atoms with van der Waals surface area (Å²) in [5.74, 6) is 0.451. The predicted molar refractivity (Wildman–Crippen MR) is 109 cm³/mol. The van der Waals surface area contributed by atoms with E-state index in [9.17, 15) is 4.79 Å². The Hall–Kier alpha value is -3.67. The zero-order valence-electron chi connectivity index (χ0n) is 15.7. The minimum Gasteiger partial charge on any atom is -0.484 e. The van der Waals surface area contributed by atoms with Gasteiger partial charge < -0.3 is 10.1 Å². The maximum Gasteiger partial charge on any atom is 0.262 e. The molecule has 4 aromatic rings. The Bertz CT molecular complexity index is 1140. The Balaban J connectivity index is 1.44. The maximum atomic E-state index is 12.2. The summed E-state index contributed by atoms with van der Waals surface area (Å²) in [6, 6.07) is 20.9. The fourth-order valence-corrected chi connectivity index (χ4v) is 2.82. The number of para-hydroxylation sites is 1. The summed E-state index contributed by atoms with van der Waals surface area (Å²) in [5, 5.41) is 11.8. The van der Waals surface area contributed by atoms with E-state index >= 15 is 0 Å². The van der Waals surface area contributed by atoms with Gasteiger partial charge in [-0.1, -0.05) is 24.3 Å². The van der Waals surface area contributed by atoms with Gasteiger partial charge >= 0.3 is 0 Å². The molecule has 0 aliphatic rings. The molecule has 4 rings (SSSR count). The third-order valence-corrected chi connectivity index (χ3v) is 4.50. The Kier molecular flexibility index (Phi) is 4.76. The summed E-state index contributed by atoms with van der Waals surface area (Å²) in [5.41, 5.74) is 5.32. The molecular formula is C22H20N4O2. The lowest BCUT2D eigenvalue weighted by Gasteiger charge is -2.09. The van der Waals surface area contributed by atoms with Gasteiger partial charge in [-0.3, -0.25) is 4.79 Å². The summed E-state index contributed by atoms with van der Waals surface area (Å²) in [7, 11) is 0. The van der Waals surface area contributed by atoms with E-state index in [4.69, 9.17) is 4.74 Å². The lowest BCUT2D eigenvalue weighted by Crippen LogP contribution is -2.20. The molecule has 140 valence electrons. The zero-order valence-corrected chi connectivity index (χ0v) is 15.7. The first-order valence-electron chi connectivity index (χ1n) is 9.01. The number of hydrogen-bond donors (Lipinski definition) is 1.